The number of nitrogens with one attached hydrogen (secondary N) is 1. The Bertz CT molecular complexity index is 877. The highest BCUT2D eigenvalue weighted by atomic mass is 16.5. The molecule has 0 bridgehead atoms. The zero-order valence-corrected chi connectivity index (χ0v) is 17.8. The van der Waals surface area contributed by atoms with E-state index in [1.807, 2.05) is 13.0 Å². The van der Waals surface area contributed by atoms with Crippen molar-refractivity contribution in [3.63, 3.8) is 0 Å². The number of amides is 1. The number of hydrogen-bond donors (Lipinski definition) is 1. The van der Waals surface area contributed by atoms with Gasteiger partial charge < -0.3 is 19.2 Å². The second-order valence-electron chi connectivity index (χ2n) is 8.67. The normalized spacial score (nSPS) is 20.1. The third kappa shape index (κ3) is 4.34. The monoisotopic (exact) mass is 400 g/mol. The van der Waals surface area contributed by atoms with E-state index in [0.29, 0.717) is 12.3 Å². The lowest BCUT2D eigenvalue weighted by molar-refractivity contribution is -0.0283. The molecule has 0 atom stereocenters. The summed E-state index contributed by atoms with van der Waals surface area (Å²) in [6.07, 6.45) is 1.92. The van der Waals surface area contributed by atoms with Gasteiger partial charge in [-0.2, -0.15) is 0 Å². The third-order valence-electron chi connectivity index (χ3n) is 6.60. The molecule has 6 nitrogen and oxygen atoms in total. The third-order valence-corrected chi connectivity index (χ3v) is 6.60. The Hall–Kier alpha value is -1.89. The number of benzene rings is 1. The van der Waals surface area contributed by atoms with Gasteiger partial charge in [-0.1, -0.05) is 0 Å². The van der Waals surface area contributed by atoms with Crippen LogP contribution in [0.15, 0.2) is 16.5 Å². The van der Waals surface area contributed by atoms with Crippen molar-refractivity contribution in [1.29, 1.82) is 0 Å². The maximum absolute atomic E-state index is 13.0. The van der Waals surface area contributed by atoms with Gasteiger partial charge in [0.05, 0.1) is 13.2 Å². The number of morpholine rings is 1. The fourth-order valence-electron chi connectivity index (χ4n) is 4.47. The van der Waals surface area contributed by atoms with Gasteiger partial charge in [-0.15, -0.1) is 0 Å². The SMILES string of the molecule is Cc1cc2oc(C(=O)NCC3(CN4CCOCC4)CCOCC3)c(C)c2cc1C. The maximum Gasteiger partial charge on any atom is 0.287 e. The van der Waals surface area contributed by atoms with E-state index >= 15 is 0 Å². The van der Waals surface area contributed by atoms with Crippen molar-refractivity contribution >= 4 is 16.9 Å². The zero-order valence-electron chi connectivity index (χ0n) is 17.8. The molecule has 4 rings (SSSR count). The van der Waals surface area contributed by atoms with E-state index in [-0.39, 0.29) is 11.3 Å². The largest absolute Gasteiger partial charge is 0.451 e. The van der Waals surface area contributed by atoms with E-state index in [0.717, 1.165) is 75.4 Å². The van der Waals surface area contributed by atoms with Gasteiger partial charge in [-0.05, 0) is 56.9 Å². The van der Waals surface area contributed by atoms with Crippen LogP contribution in [0.5, 0.6) is 0 Å². The molecule has 0 saturated carbocycles. The van der Waals surface area contributed by atoms with E-state index in [4.69, 9.17) is 13.9 Å². The summed E-state index contributed by atoms with van der Waals surface area (Å²) in [5, 5.41) is 4.20. The number of furan rings is 1. The van der Waals surface area contributed by atoms with Gasteiger partial charge in [0, 0.05) is 55.8 Å². The number of nitrogens with zero attached hydrogens (tertiary/aromatic N) is 1. The second kappa shape index (κ2) is 8.46. The summed E-state index contributed by atoms with van der Waals surface area (Å²) in [5.74, 6) is 0.306. The van der Waals surface area contributed by atoms with Crippen molar-refractivity contribution < 1.29 is 18.7 Å². The van der Waals surface area contributed by atoms with Crippen molar-refractivity contribution in [2.45, 2.75) is 33.6 Å². The van der Waals surface area contributed by atoms with Crippen molar-refractivity contribution in [2.24, 2.45) is 5.41 Å². The second-order valence-corrected chi connectivity index (χ2v) is 8.67. The molecule has 0 unspecified atom stereocenters. The van der Waals surface area contributed by atoms with Crippen LogP contribution in [0.1, 0.15) is 40.1 Å². The number of carbonyl (C=O) groups is 1. The van der Waals surface area contributed by atoms with Crippen molar-refractivity contribution in [1.82, 2.24) is 10.2 Å². The number of rotatable bonds is 5. The molecule has 2 fully saturated rings. The molecule has 29 heavy (non-hydrogen) atoms. The summed E-state index contributed by atoms with van der Waals surface area (Å²) in [6, 6.07) is 4.13. The smallest absolute Gasteiger partial charge is 0.287 e. The summed E-state index contributed by atoms with van der Waals surface area (Å²) in [4.78, 5) is 15.5. The highest BCUT2D eigenvalue weighted by Crippen LogP contribution is 2.32. The molecule has 0 aliphatic carbocycles. The first-order valence-electron chi connectivity index (χ1n) is 10.6. The first-order chi connectivity index (χ1) is 14.0. The molecular formula is C23H32N2O4. The molecule has 0 spiro atoms. The van der Waals surface area contributed by atoms with Crippen LogP contribution in [0.3, 0.4) is 0 Å². The van der Waals surface area contributed by atoms with Crippen LogP contribution >= 0.6 is 0 Å². The Morgan fingerprint density at radius 2 is 1.69 bits per heavy atom. The molecule has 2 aliphatic heterocycles. The summed E-state index contributed by atoms with van der Waals surface area (Å²) in [6.45, 7) is 12.7. The highest BCUT2D eigenvalue weighted by Gasteiger charge is 2.35. The Morgan fingerprint density at radius 3 is 2.41 bits per heavy atom. The standard InChI is InChI=1S/C23H32N2O4/c1-16-12-19-18(3)21(29-20(19)13-17(16)2)22(26)24-14-23(4-8-27-9-5-23)15-25-6-10-28-11-7-25/h12-13H,4-11,14-15H2,1-3H3,(H,24,26). The molecule has 1 aromatic heterocycles. The van der Waals surface area contributed by atoms with Crippen LogP contribution in [-0.4, -0.2) is 63.4 Å². The summed E-state index contributed by atoms with van der Waals surface area (Å²) >= 11 is 0. The number of hydrogen-bond acceptors (Lipinski definition) is 5. The van der Waals surface area contributed by atoms with Crippen molar-refractivity contribution in [2.75, 3.05) is 52.6 Å². The van der Waals surface area contributed by atoms with Crippen LogP contribution in [0.4, 0.5) is 0 Å². The highest BCUT2D eigenvalue weighted by molar-refractivity contribution is 5.99. The predicted molar refractivity (Wildman–Crippen MR) is 113 cm³/mol. The molecule has 2 saturated heterocycles. The lowest BCUT2D eigenvalue weighted by Gasteiger charge is -2.42. The average Bonchev–Trinajstić information content (AvgIpc) is 3.04. The van der Waals surface area contributed by atoms with Gasteiger partial charge in [0.1, 0.15) is 5.58 Å². The first kappa shape index (κ1) is 20.4. The molecule has 2 aliphatic rings. The minimum atomic E-state index is -0.123. The molecule has 158 valence electrons. The predicted octanol–water partition coefficient (Wildman–Crippen LogP) is 3.22. The van der Waals surface area contributed by atoms with E-state index in [2.05, 4.69) is 30.1 Å². The molecule has 2 aromatic rings. The molecule has 6 heteroatoms. The molecular weight excluding hydrogens is 368 g/mol. The molecule has 1 aromatic carbocycles. The Balaban J connectivity index is 1.49. The molecule has 3 heterocycles. The van der Waals surface area contributed by atoms with Gasteiger partial charge >= 0.3 is 0 Å². The summed E-state index contributed by atoms with van der Waals surface area (Å²) in [7, 11) is 0. The lowest BCUT2D eigenvalue weighted by Crippen LogP contribution is -2.50. The number of carbonyl (C=O) groups excluding carboxylic acids is 1. The fraction of sp³-hybridized carbons (Fsp3) is 0.609. The van der Waals surface area contributed by atoms with Crippen LogP contribution in [0.2, 0.25) is 0 Å². The molecule has 1 amide bonds. The van der Waals surface area contributed by atoms with Gasteiger partial charge in [0.15, 0.2) is 5.76 Å². The van der Waals surface area contributed by atoms with Crippen molar-refractivity contribution in [3.8, 4) is 0 Å². The van der Waals surface area contributed by atoms with Crippen LogP contribution in [0, 0.1) is 26.2 Å². The van der Waals surface area contributed by atoms with Crippen LogP contribution < -0.4 is 5.32 Å². The molecule has 1 N–H and O–H groups in total. The quantitative estimate of drug-likeness (QED) is 0.835. The Morgan fingerprint density at radius 1 is 1.03 bits per heavy atom. The average molecular weight is 401 g/mol. The lowest BCUT2D eigenvalue weighted by atomic mass is 9.79. The molecule has 0 radical (unpaired) electrons. The van der Waals surface area contributed by atoms with Gasteiger partial charge in [-0.3, -0.25) is 9.69 Å². The number of ether oxygens (including phenoxy) is 2. The number of fused-ring (bicyclic) bond motifs is 1. The van der Waals surface area contributed by atoms with Gasteiger partial charge in [-0.25, -0.2) is 0 Å². The minimum Gasteiger partial charge on any atom is -0.451 e. The first-order valence-corrected chi connectivity index (χ1v) is 10.6. The van der Waals surface area contributed by atoms with Crippen LogP contribution in [0.25, 0.3) is 11.0 Å². The maximum atomic E-state index is 13.0. The minimum absolute atomic E-state index is 0.0400. The van der Waals surface area contributed by atoms with Crippen LogP contribution in [-0.2, 0) is 9.47 Å². The van der Waals surface area contributed by atoms with Gasteiger partial charge in [0.2, 0.25) is 0 Å². The Labute approximate surface area is 172 Å². The van der Waals surface area contributed by atoms with E-state index in [1.54, 1.807) is 0 Å². The van der Waals surface area contributed by atoms with Crippen molar-refractivity contribution in [3.05, 3.63) is 34.6 Å². The van der Waals surface area contributed by atoms with E-state index < -0.39 is 0 Å². The topological polar surface area (TPSA) is 63.9 Å². The van der Waals surface area contributed by atoms with Gasteiger partial charge in [0.25, 0.3) is 5.91 Å². The summed E-state index contributed by atoms with van der Waals surface area (Å²) < 4.78 is 17.1. The Kier molecular flexibility index (Phi) is 5.95. The number of aryl methyl sites for hydroxylation is 3. The van der Waals surface area contributed by atoms with E-state index in [9.17, 15) is 4.79 Å². The zero-order chi connectivity index (χ0) is 20.4. The van der Waals surface area contributed by atoms with E-state index in [1.165, 1.54) is 11.1 Å². The summed E-state index contributed by atoms with van der Waals surface area (Å²) in [5.41, 5.74) is 4.11. The fourth-order valence-corrected chi connectivity index (χ4v) is 4.47.